The number of aromatic nitrogens is 2. The Bertz CT molecular complexity index is 677. The van der Waals surface area contributed by atoms with Crippen LogP contribution in [0.1, 0.15) is 19.0 Å². The Balaban J connectivity index is 2.64. The van der Waals surface area contributed by atoms with Crippen molar-refractivity contribution in [2.24, 2.45) is 0 Å². The smallest absolute Gasteiger partial charge is 0.316 e. The minimum Gasteiger partial charge on any atom is -0.493 e. The van der Waals surface area contributed by atoms with E-state index in [9.17, 15) is 10.1 Å². The van der Waals surface area contributed by atoms with Gasteiger partial charge in [-0.25, -0.2) is 9.97 Å². The van der Waals surface area contributed by atoms with Crippen molar-refractivity contribution in [1.82, 2.24) is 9.97 Å². The largest absolute Gasteiger partial charge is 0.493 e. The summed E-state index contributed by atoms with van der Waals surface area (Å²) in [6.45, 7) is 4.03. The van der Waals surface area contributed by atoms with Crippen molar-refractivity contribution in [3.63, 3.8) is 0 Å². The second kappa shape index (κ2) is 6.49. The zero-order valence-electron chi connectivity index (χ0n) is 11.7. The summed E-state index contributed by atoms with van der Waals surface area (Å²) >= 11 is 5.85. The predicted octanol–water partition coefficient (Wildman–Crippen LogP) is 3.80. The zero-order chi connectivity index (χ0) is 15.4. The minimum atomic E-state index is -0.502. The Morgan fingerprint density at radius 2 is 2.05 bits per heavy atom. The van der Waals surface area contributed by atoms with Crippen molar-refractivity contribution >= 4 is 17.3 Å². The third kappa shape index (κ3) is 3.28. The van der Waals surface area contributed by atoms with E-state index in [1.807, 2.05) is 6.92 Å². The molecule has 0 aliphatic rings. The lowest BCUT2D eigenvalue weighted by Gasteiger charge is -2.11. The molecule has 0 spiro atoms. The number of benzene rings is 1. The van der Waals surface area contributed by atoms with Gasteiger partial charge in [-0.2, -0.15) is 0 Å². The molecule has 0 radical (unpaired) electrons. The molecule has 0 fully saturated rings. The van der Waals surface area contributed by atoms with Crippen LogP contribution in [0.5, 0.6) is 5.75 Å². The second-order valence-corrected chi connectivity index (χ2v) is 4.72. The first-order valence-electron chi connectivity index (χ1n) is 6.45. The van der Waals surface area contributed by atoms with Gasteiger partial charge in [0.2, 0.25) is 5.28 Å². The van der Waals surface area contributed by atoms with E-state index in [1.54, 1.807) is 24.3 Å². The maximum absolute atomic E-state index is 11.3. The number of ether oxygens (including phenoxy) is 1. The van der Waals surface area contributed by atoms with Crippen LogP contribution in [0.4, 0.5) is 5.69 Å². The molecule has 0 aliphatic carbocycles. The third-order valence-electron chi connectivity index (χ3n) is 2.82. The van der Waals surface area contributed by atoms with Gasteiger partial charge in [0.15, 0.2) is 5.69 Å². The van der Waals surface area contributed by atoms with Crippen molar-refractivity contribution in [3.05, 3.63) is 45.4 Å². The monoisotopic (exact) mass is 307 g/mol. The van der Waals surface area contributed by atoms with Crippen LogP contribution in [0.3, 0.4) is 0 Å². The highest BCUT2D eigenvalue weighted by atomic mass is 35.5. The molecule has 1 heterocycles. The molecule has 110 valence electrons. The molecule has 7 heteroatoms. The molecule has 1 aromatic carbocycles. The van der Waals surface area contributed by atoms with Crippen LogP contribution in [0, 0.1) is 17.0 Å². The maximum atomic E-state index is 11.3. The Labute approximate surface area is 126 Å². The molecule has 0 amide bonds. The third-order valence-corrected chi connectivity index (χ3v) is 2.99. The van der Waals surface area contributed by atoms with Crippen LogP contribution in [0.15, 0.2) is 24.3 Å². The van der Waals surface area contributed by atoms with Crippen molar-refractivity contribution in [1.29, 1.82) is 0 Å². The van der Waals surface area contributed by atoms with E-state index in [4.69, 9.17) is 16.3 Å². The van der Waals surface area contributed by atoms with Crippen molar-refractivity contribution in [2.45, 2.75) is 20.3 Å². The number of halogens is 1. The number of hydrogen-bond acceptors (Lipinski definition) is 5. The van der Waals surface area contributed by atoms with E-state index in [-0.39, 0.29) is 22.4 Å². The number of rotatable bonds is 5. The van der Waals surface area contributed by atoms with Gasteiger partial charge in [0.25, 0.3) is 0 Å². The van der Waals surface area contributed by atoms with Gasteiger partial charge in [-0.05, 0) is 37.1 Å². The summed E-state index contributed by atoms with van der Waals surface area (Å²) < 4.78 is 5.63. The summed E-state index contributed by atoms with van der Waals surface area (Å²) in [4.78, 5) is 18.7. The molecule has 1 aromatic heterocycles. The standard InChI is InChI=1S/C14H14ClN3O3/c1-3-8-21-11-7-5-4-6-10(11)12-13(18(19)20)9(2)16-14(15)17-12/h4-7H,3,8H2,1-2H3. The fourth-order valence-corrected chi connectivity index (χ4v) is 2.15. The van der Waals surface area contributed by atoms with Gasteiger partial charge in [0, 0.05) is 5.56 Å². The Morgan fingerprint density at radius 3 is 2.71 bits per heavy atom. The Hall–Kier alpha value is -2.21. The summed E-state index contributed by atoms with van der Waals surface area (Å²) in [5.41, 5.74) is 0.765. The predicted molar refractivity (Wildman–Crippen MR) is 79.7 cm³/mol. The van der Waals surface area contributed by atoms with Crippen molar-refractivity contribution < 1.29 is 9.66 Å². The van der Waals surface area contributed by atoms with E-state index in [1.165, 1.54) is 6.92 Å². The molecule has 2 aromatic rings. The molecule has 0 atom stereocenters. The van der Waals surface area contributed by atoms with E-state index < -0.39 is 4.92 Å². The minimum absolute atomic E-state index is 0.0293. The second-order valence-electron chi connectivity index (χ2n) is 4.38. The highest BCUT2D eigenvalue weighted by Gasteiger charge is 2.24. The maximum Gasteiger partial charge on any atom is 0.316 e. The number of aryl methyl sites for hydroxylation is 1. The molecule has 0 saturated heterocycles. The first kappa shape index (κ1) is 15.2. The molecular weight excluding hydrogens is 294 g/mol. The highest BCUT2D eigenvalue weighted by Crippen LogP contribution is 2.36. The Morgan fingerprint density at radius 1 is 1.33 bits per heavy atom. The molecule has 0 bridgehead atoms. The van der Waals surface area contributed by atoms with Gasteiger partial charge in [-0.1, -0.05) is 19.1 Å². The average molecular weight is 308 g/mol. The number of para-hydroxylation sites is 1. The first-order valence-corrected chi connectivity index (χ1v) is 6.83. The fraction of sp³-hybridized carbons (Fsp3) is 0.286. The van der Waals surface area contributed by atoms with Crippen molar-refractivity contribution in [3.8, 4) is 17.0 Å². The average Bonchev–Trinajstić information content (AvgIpc) is 2.44. The normalized spacial score (nSPS) is 10.4. The summed E-state index contributed by atoms with van der Waals surface area (Å²) in [5, 5.41) is 11.3. The fourth-order valence-electron chi connectivity index (χ4n) is 1.94. The lowest BCUT2D eigenvalue weighted by Crippen LogP contribution is -2.03. The van der Waals surface area contributed by atoms with Gasteiger partial charge < -0.3 is 4.74 Å². The van der Waals surface area contributed by atoms with E-state index in [2.05, 4.69) is 9.97 Å². The first-order chi connectivity index (χ1) is 10.0. The van der Waals surface area contributed by atoms with Crippen LogP contribution in [-0.4, -0.2) is 21.5 Å². The van der Waals surface area contributed by atoms with E-state index in [0.717, 1.165) is 6.42 Å². The molecule has 21 heavy (non-hydrogen) atoms. The lowest BCUT2D eigenvalue weighted by atomic mass is 10.1. The number of nitrogens with zero attached hydrogens (tertiary/aromatic N) is 3. The van der Waals surface area contributed by atoms with Crippen LogP contribution in [0.25, 0.3) is 11.3 Å². The molecule has 0 N–H and O–H groups in total. The topological polar surface area (TPSA) is 78.2 Å². The zero-order valence-corrected chi connectivity index (χ0v) is 12.4. The summed E-state index contributed by atoms with van der Waals surface area (Å²) in [6, 6.07) is 7.04. The molecule has 2 rings (SSSR count). The lowest BCUT2D eigenvalue weighted by molar-refractivity contribution is -0.385. The van der Waals surface area contributed by atoms with Crippen LogP contribution in [-0.2, 0) is 0 Å². The van der Waals surface area contributed by atoms with Gasteiger partial charge in [-0.3, -0.25) is 10.1 Å². The van der Waals surface area contributed by atoms with Crippen LogP contribution < -0.4 is 4.74 Å². The number of hydrogen-bond donors (Lipinski definition) is 0. The van der Waals surface area contributed by atoms with Crippen molar-refractivity contribution in [2.75, 3.05) is 6.61 Å². The molecule has 0 saturated carbocycles. The van der Waals surface area contributed by atoms with Gasteiger partial charge >= 0.3 is 5.69 Å². The van der Waals surface area contributed by atoms with Gasteiger partial charge in [-0.15, -0.1) is 0 Å². The summed E-state index contributed by atoms with van der Waals surface area (Å²) in [5.74, 6) is 0.539. The van der Waals surface area contributed by atoms with Gasteiger partial charge in [0.1, 0.15) is 11.4 Å². The summed E-state index contributed by atoms with van der Waals surface area (Å²) in [6.07, 6.45) is 0.833. The quantitative estimate of drug-likeness (QED) is 0.477. The number of nitro groups is 1. The SMILES string of the molecule is CCCOc1ccccc1-c1nc(Cl)nc(C)c1[N+](=O)[O-]. The molecule has 6 nitrogen and oxygen atoms in total. The molecule has 0 aliphatic heterocycles. The highest BCUT2D eigenvalue weighted by molar-refractivity contribution is 6.28. The van der Waals surface area contributed by atoms with Crippen LogP contribution in [0.2, 0.25) is 5.28 Å². The van der Waals surface area contributed by atoms with Crippen LogP contribution >= 0.6 is 11.6 Å². The molecular formula is C14H14ClN3O3. The van der Waals surface area contributed by atoms with Gasteiger partial charge in [0.05, 0.1) is 11.5 Å². The summed E-state index contributed by atoms with van der Waals surface area (Å²) in [7, 11) is 0. The Kier molecular flexibility index (Phi) is 4.70. The molecule has 0 unspecified atom stereocenters. The van der Waals surface area contributed by atoms with E-state index in [0.29, 0.717) is 17.9 Å². The van der Waals surface area contributed by atoms with E-state index >= 15 is 0 Å².